The van der Waals surface area contributed by atoms with Gasteiger partial charge in [-0.1, -0.05) is 0 Å². The molecule has 0 bridgehead atoms. The fourth-order valence-electron chi connectivity index (χ4n) is 1.55. The molecule has 98 valence electrons. The van der Waals surface area contributed by atoms with Crippen LogP contribution in [0.5, 0.6) is 0 Å². The van der Waals surface area contributed by atoms with Crippen molar-refractivity contribution in [1.29, 1.82) is 0 Å². The molecule has 1 amide bonds. The molecular formula is C9H16N2O5S. The number of amides is 1. The third-order valence-electron chi connectivity index (χ3n) is 2.41. The van der Waals surface area contributed by atoms with Crippen LogP contribution in [0.2, 0.25) is 0 Å². The number of hydrogen-bond donors (Lipinski definition) is 2. The lowest BCUT2D eigenvalue weighted by atomic mass is 10.3. The first kappa shape index (κ1) is 13.9. The zero-order chi connectivity index (χ0) is 12.9. The van der Waals surface area contributed by atoms with Crippen molar-refractivity contribution in [2.45, 2.75) is 19.3 Å². The van der Waals surface area contributed by atoms with Crippen molar-refractivity contribution < 1.29 is 23.1 Å². The summed E-state index contributed by atoms with van der Waals surface area (Å²) in [6.45, 7) is 0.601. The molecule has 1 saturated heterocycles. The second-order valence-corrected chi connectivity index (χ2v) is 5.94. The number of carbonyl (C=O) groups excluding carboxylic acids is 1. The maximum atomic E-state index is 11.8. The molecule has 0 aromatic heterocycles. The molecular weight excluding hydrogens is 248 g/mol. The average molecular weight is 264 g/mol. The van der Waals surface area contributed by atoms with E-state index in [1.54, 1.807) is 0 Å². The van der Waals surface area contributed by atoms with Crippen LogP contribution in [0, 0.1) is 0 Å². The molecule has 17 heavy (non-hydrogen) atoms. The first-order chi connectivity index (χ1) is 7.92. The van der Waals surface area contributed by atoms with Gasteiger partial charge in [-0.15, -0.1) is 0 Å². The maximum Gasteiger partial charge on any atom is 0.303 e. The molecule has 1 rings (SSSR count). The summed E-state index contributed by atoms with van der Waals surface area (Å²) in [5.74, 6) is -1.56. The van der Waals surface area contributed by atoms with E-state index in [4.69, 9.17) is 5.11 Å². The Morgan fingerprint density at radius 2 is 2.18 bits per heavy atom. The molecule has 1 heterocycles. The van der Waals surface area contributed by atoms with Gasteiger partial charge >= 0.3 is 5.97 Å². The second-order valence-electron chi connectivity index (χ2n) is 3.85. The van der Waals surface area contributed by atoms with Crippen LogP contribution in [0.25, 0.3) is 0 Å². The lowest BCUT2D eigenvalue weighted by molar-refractivity contribution is -0.137. The summed E-state index contributed by atoms with van der Waals surface area (Å²) < 4.78 is 24.8. The summed E-state index contributed by atoms with van der Waals surface area (Å²) in [4.78, 5) is 21.5. The monoisotopic (exact) mass is 264 g/mol. The quantitative estimate of drug-likeness (QED) is 0.663. The van der Waals surface area contributed by atoms with E-state index in [2.05, 4.69) is 5.32 Å². The summed E-state index contributed by atoms with van der Waals surface area (Å²) in [6, 6.07) is 0. The van der Waals surface area contributed by atoms with E-state index in [9.17, 15) is 18.0 Å². The van der Waals surface area contributed by atoms with E-state index in [0.717, 1.165) is 4.31 Å². The summed E-state index contributed by atoms with van der Waals surface area (Å²) in [7, 11) is -3.53. The summed E-state index contributed by atoms with van der Waals surface area (Å²) in [5, 5.41) is 11.0. The minimum absolute atomic E-state index is 0.0653. The van der Waals surface area contributed by atoms with E-state index in [0.29, 0.717) is 19.5 Å². The average Bonchev–Trinajstić information content (AvgIpc) is 2.42. The zero-order valence-corrected chi connectivity index (χ0v) is 10.2. The Hall–Kier alpha value is -1.15. The fourth-order valence-corrected chi connectivity index (χ4v) is 3.04. The number of carboxylic acid groups (broad SMARTS) is 1. The molecule has 0 aromatic rings. The summed E-state index contributed by atoms with van der Waals surface area (Å²) in [5.41, 5.74) is 0. The van der Waals surface area contributed by atoms with Gasteiger partial charge in [0, 0.05) is 19.5 Å². The van der Waals surface area contributed by atoms with Gasteiger partial charge in [0.1, 0.15) is 0 Å². The van der Waals surface area contributed by atoms with E-state index in [1.165, 1.54) is 0 Å². The molecule has 0 saturated carbocycles. The number of carbonyl (C=O) groups is 2. The van der Waals surface area contributed by atoms with Gasteiger partial charge in [-0.3, -0.25) is 9.59 Å². The Kier molecular flexibility index (Phi) is 4.88. The van der Waals surface area contributed by atoms with Crippen molar-refractivity contribution in [3.8, 4) is 0 Å². The Morgan fingerprint density at radius 1 is 1.47 bits per heavy atom. The van der Waals surface area contributed by atoms with Crippen LogP contribution in [0.4, 0.5) is 0 Å². The lowest BCUT2D eigenvalue weighted by Gasteiger charge is -2.18. The number of nitrogens with one attached hydrogen (secondary N) is 1. The number of nitrogens with zero attached hydrogens (tertiary/aromatic N) is 1. The predicted molar refractivity (Wildman–Crippen MR) is 59.9 cm³/mol. The van der Waals surface area contributed by atoms with Gasteiger partial charge in [-0.2, -0.15) is 4.31 Å². The van der Waals surface area contributed by atoms with Crippen LogP contribution in [-0.4, -0.2) is 55.1 Å². The Balaban J connectivity index is 2.55. The van der Waals surface area contributed by atoms with Gasteiger partial charge in [-0.25, -0.2) is 8.42 Å². The minimum atomic E-state index is -3.53. The van der Waals surface area contributed by atoms with Gasteiger partial charge in [-0.05, 0) is 12.8 Å². The normalized spacial score (nSPS) is 18.5. The summed E-state index contributed by atoms with van der Waals surface area (Å²) in [6.07, 6.45) is 0.457. The van der Waals surface area contributed by atoms with Gasteiger partial charge < -0.3 is 10.4 Å². The molecule has 8 heteroatoms. The van der Waals surface area contributed by atoms with Crippen molar-refractivity contribution in [2.75, 3.05) is 25.4 Å². The van der Waals surface area contributed by atoms with Gasteiger partial charge in [0.05, 0.1) is 12.3 Å². The third kappa shape index (κ3) is 4.70. The SMILES string of the molecule is O=C(O)CCCS(=O)(=O)N1CCCNC(=O)C1. The smallest absolute Gasteiger partial charge is 0.303 e. The van der Waals surface area contributed by atoms with E-state index in [-0.39, 0.29) is 31.0 Å². The first-order valence-electron chi connectivity index (χ1n) is 5.38. The molecule has 0 aliphatic carbocycles. The molecule has 1 aliphatic heterocycles. The van der Waals surface area contributed by atoms with Crippen molar-refractivity contribution in [1.82, 2.24) is 9.62 Å². The molecule has 1 aliphatic rings. The number of hydrogen-bond acceptors (Lipinski definition) is 4. The topological polar surface area (TPSA) is 104 Å². The van der Waals surface area contributed by atoms with Gasteiger partial charge in [0.15, 0.2) is 0 Å². The molecule has 0 aromatic carbocycles. The largest absolute Gasteiger partial charge is 0.481 e. The highest BCUT2D eigenvalue weighted by molar-refractivity contribution is 7.89. The maximum absolute atomic E-state index is 11.8. The van der Waals surface area contributed by atoms with E-state index < -0.39 is 16.0 Å². The molecule has 2 N–H and O–H groups in total. The standard InChI is InChI=1S/C9H16N2O5S/c12-8-7-11(5-2-4-10-8)17(15,16)6-1-3-9(13)14/h1-7H2,(H,10,12)(H,13,14). The summed E-state index contributed by atoms with van der Waals surface area (Å²) >= 11 is 0. The number of rotatable bonds is 5. The van der Waals surface area contributed by atoms with Crippen LogP contribution in [-0.2, 0) is 19.6 Å². The van der Waals surface area contributed by atoms with Crippen LogP contribution < -0.4 is 5.32 Å². The van der Waals surface area contributed by atoms with Crippen molar-refractivity contribution in [3.63, 3.8) is 0 Å². The van der Waals surface area contributed by atoms with E-state index in [1.807, 2.05) is 0 Å². The molecule has 0 atom stereocenters. The Labute approximate surface area is 99.8 Å². The number of aliphatic carboxylic acids is 1. The van der Waals surface area contributed by atoms with Crippen molar-refractivity contribution in [3.05, 3.63) is 0 Å². The van der Waals surface area contributed by atoms with Gasteiger partial charge in [0.2, 0.25) is 15.9 Å². The first-order valence-corrected chi connectivity index (χ1v) is 6.99. The highest BCUT2D eigenvalue weighted by Crippen LogP contribution is 2.07. The van der Waals surface area contributed by atoms with Crippen LogP contribution in [0.3, 0.4) is 0 Å². The van der Waals surface area contributed by atoms with Crippen molar-refractivity contribution in [2.24, 2.45) is 0 Å². The molecule has 7 nitrogen and oxygen atoms in total. The van der Waals surface area contributed by atoms with Crippen LogP contribution >= 0.6 is 0 Å². The number of carboxylic acids is 1. The van der Waals surface area contributed by atoms with Crippen LogP contribution in [0.15, 0.2) is 0 Å². The predicted octanol–water partition coefficient (Wildman–Crippen LogP) is -0.997. The second kappa shape index (κ2) is 5.97. The highest BCUT2D eigenvalue weighted by atomic mass is 32.2. The number of sulfonamides is 1. The third-order valence-corrected chi connectivity index (χ3v) is 4.32. The van der Waals surface area contributed by atoms with E-state index >= 15 is 0 Å². The highest BCUT2D eigenvalue weighted by Gasteiger charge is 2.25. The van der Waals surface area contributed by atoms with Gasteiger partial charge in [0.25, 0.3) is 0 Å². The minimum Gasteiger partial charge on any atom is -0.481 e. The molecule has 0 spiro atoms. The molecule has 0 unspecified atom stereocenters. The van der Waals surface area contributed by atoms with Crippen molar-refractivity contribution >= 4 is 21.9 Å². The Bertz CT molecular complexity index is 392. The lowest BCUT2D eigenvalue weighted by Crippen LogP contribution is -2.38. The zero-order valence-electron chi connectivity index (χ0n) is 9.39. The van der Waals surface area contributed by atoms with Crippen LogP contribution in [0.1, 0.15) is 19.3 Å². The Morgan fingerprint density at radius 3 is 2.82 bits per heavy atom. The fraction of sp³-hybridized carbons (Fsp3) is 0.778. The molecule has 1 fully saturated rings. The molecule has 0 radical (unpaired) electrons.